The van der Waals surface area contributed by atoms with Crippen molar-refractivity contribution in [2.24, 2.45) is 0 Å². The van der Waals surface area contributed by atoms with Crippen LogP contribution in [0.5, 0.6) is 5.75 Å². The van der Waals surface area contributed by atoms with Crippen molar-refractivity contribution < 1.29 is 24.7 Å². The number of rotatable bonds is 7. The van der Waals surface area contributed by atoms with Crippen molar-refractivity contribution in [1.29, 1.82) is 0 Å². The number of aliphatic hydroxyl groups is 2. The largest absolute Gasteiger partial charge is 0.491 e. The van der Waals surface area contributed by atoms with E-state index in [4.69, 9.17) is 9.84 Å². The quantitative estimate of drug-likeness (QED) is 0.463. The number of benzene rings is 1. The van der Waals surface area contributed by atoms with E-state index in [1.165, 1.54) is 20.9 Å². The van der Waals surface area contributed by atoms with Crippen molar-refractivity contribution in [3.8, 4) is 5.75 Å². The number of quaternary nitrogens is 2. The van der Waals surface area contributed by atoms with Gasteiger partial charge in [0.1, 0.15) is 57.7 Å². The molecule has 1 fully saturated rings. The van der Waals surface area contributed by atoms with Gasteiger partial charge >= 0.3 is 0 Å². The van der Waals surface area contributed by atoms with Crippen molar-refractivity contribution in [1.82, 2.24) is 0 Å². The highest BCUT2D eigenvalue weighted by molar-refractivity contribution is 5.33. The van der Waals surface area contributed by atoms with Crippen LogP contribution in [0.2, 0.25) is 0 Å². The van der Waals surface area contributed by atoms with E-state index in [0.717, 1.165) is 45.0 Å². The lowest BCUT2D eigenvalue weighted by molar-refractivity contribution is -1.01. The average Bonchev–Trinajstić information content (AvgIpc) is 2.51. The Morgan fingerprint density at radius 3 is 2.41 bits per heavy atom. The van der Waals surface area contributed by atoms with Gasteiger partial charge in [0.05, 0.1) is 6.61 Å². The molecule has 4 N–H and O–H groups in total. The van der Waals surface area contributed by atoms with Crippen LogP contribution < -0.4 is 14.5 Å². The molecule has 0 amide bonds. The first kappa shape index (κ1) is 17.2. The Kier molecular flexibility index (Phi) is 6.64. The molecule has 1 atom stereocenters. The minimum atomic E-state index is -0.434. The lowest BCUT2D eigenvalue weighted by Crippen LogP contribution is -3.28. The average molecular weight is 310 g/mol. The van der Waals surface area contributed by atoms with E-state index in [9.17, 15) is 5.11 Å². The van der Waals surface area contributed by atoms with Gasteiger partial charge in [0, 0.05) is 0 Å². The molecule has 1 aliphatic rings. The summed E-state index contributed by atoms with van der Waals surface area (Å²) in [6.45, 7) is 10.6. The summed E-state index contributed by atoms with van der Waals surface area (Å²) in [7, 11) is 0. The second-order valence-electron chi connectivity index (χ2n) is 6.39. The van der Waals surface area contributed by atoms with E-state index in [1.807, 2.05) is 18.2 Å². The van der Waals surface area contributed by atoms with E-state index in [2.05, 4.69) is 13.8 Å². The number of hydrogen-bond donors (Lipinski definition) is 4. The van der Waals surface area contributed by atoms with Crippen LogP contribution in [-0.4, -0.2) is 68.8 Å². The third-order valence-electron chi connectivity index (χ3n) is 4.57. The molecule has 0 aliphatic carbocycles. The molecule has 1 unspecified atom stereocenters. The Labute approximate surface area is 133 Å². The highest BCUT2D eigenvalue weighted by atomic mass is 16.5. The van der Waals surface area contributed by atoms with Gasteiger partial charge in [-0.1, -0.05) is 6.07 Å². The number of aryl methyl sites for hydroxylation is 2. The Morgan fingerprint density at radius 2 is 1.77 bits per heavy atom. The zero-order valence-electron chi connectivity index (χ0n) is 13.8. The molecule has 1 aromatic rings. The molecule has 0 saturated carbocycles. The van der Waals surface area contributed by atoms with Gasteiger partial charge < -0.3 is 24.7 Å². The standard InChI is InChI=1S/C17H28N2O3/c1-14-3-4-17(11-15(14)2)22-13-16(21)12-19-7-5-18(6-8-19)9-10-20/h3-4,11,16,20-21H,5-10,12-13H2,1-2H3/p+2. The Hall–Kier alpha value is -1.14. The summed E-state index contributed by atoms with van der Waals surface area (Å²) in [5.41, 5.74) is 2.46. The fourth-order valence-corrected chi connectivity index (χ4v) is 2.96. The lowest BCUT2D eigenvalue weighted by atomic mass is 10.1. The van der Waals surface area contributed by atoms with Gasteiger partial charge in [-0.05, 0) is 37.1 Å². The predicted octanol–water partition coefficient (Wildman–Crippen LogP) is -2.18. The minimum Gasteiger partial charge on any atom is -0.491 e. The first-order chi connectivity index (χ1) is 10.6. The maximum atomic E-state index is 10.2. The van der Waals surface area contributed by atoms with E-state index in [1.54, 1.807) is 0 Å². The van der Waals surface area contributed by atoms with Gasteiger partial charge in [0.2, 0.25) is 0 Å². The topological polar surface area (TPSA) is 58.6 Å². The summed E-state index contributed by atoms with van der Waals surface area (Å²) < 4.78 is 5.70. The molecule has 0 bridgehead atoms. The van der Waals surface area contributed by atoms with Crippen LogP contribution in [-0.2, 0) is 0 Å². The van der Waals surface area contributed by atoms with E-state index < -0.39 is 6.10 Å². The fourth-order valence-electron chi connectivity index (χ4n) is 2.96. The zero-order valence-corrected chi connectivity index (χ0v) is 13.8. The molecule has 0 spiro atoms. The van der Waals surface area contributed by atoms with Gasteiger partial charge in [-0.2, -0.15) is 0 Å². The third kappa shape index (κ3) is 5.25. The number of piperazine rings is 1. The second-order valence-corrected chi connectivity index (χ2v) is 6.39. The normalized spacial score (nSPS) is 23.3. The van der Waals surface area contributed by atoms with Crippen LogP contribution in [0.3, 0.4) is 0 Å². The van der Waals surface area contributed by atoms with Crippen molar-refractivity contribution in [2.75, 3.05) is 52.5 Å². The monoisotopic (exact) mass is 310 g/mol. The van der Waals surface area contributed by atoms with Crippen LogP contribution in [0.15, 0.2) is 18.2 Å². The molecule has 1 aromatic carbocycles. The summed E-state index contributed by atoms with van der Waals surface area (Å²) in [6, 6.07) is 6.02. The fraction of sp³-hybridized carbons (Fsp3) is 0.647. The summed E-state index contributed by atoms with van der Waals surface area (Å²) in [5.74, 6) is 0.828. The first-order valence-corrected chi connectivity index (χ1v) is 8.24. The summed E-state index contributed by atoms with van der Waals surface area (Å²) in [6.07, 6.45) is -0.434. The second kappa shape index (κ2) is 8.48. The zero-order chi connectivity index (χ0) is 15.9. The molecule has 22 heavy (non-hydrogen) atoms. The maximum absolute atomic E-state index is 10.2. The molecule has 5 nitrogen and oxygen atoms in total. The van der Waals surface area contributed by atoms with E-state index in [-0.39, 0.29) is 6.61 Å². The maximum Gasteiger partial charge on any atom is 0.137 e. The predicted molar refractivity (Wildman–Crippen MR) is 85.6 cm³/mol. The number of nitrogens with one attached hydrogen (secondary N) is 2. The van der Waals surface area contributed by atoms with Crippen LogP contribution in [0, 0.1) is 13.8 Å². The van der Waals surface area contributed by atoms with Gasteiger partial charge in [0.15, 0.2) is 0 Å². The Bertz CT molecular complexity index is 459. The molecule has 5 heteroatoms. The first-order valence-electron chi connectivity index (χ1n) is 8.24. The molecule has 1 aliphatic heterocycles. The highest BCUT2D eigenvalue weighted by Gasteiger charge is 2.24. The molecule has 2 rings (SSSR count). The molecule has 1 saturated heterocycles. The molecule has 1 heterocycles. The van der Waals surface area contributed by atoms with Gasteiger partial charge in [-0.25, -0.2) is 0 Å². The molecule has 0 radical (unpaired) electrons. The molecule has 124 valence electrons. The minimum absolute atomic E-state index is 0.261. The summed E-state index contributed by atoms with van der Waals surface area (Å²) in [4.78, 5) is 2.89. The molecular formula is C17H30N2O3+2. The van der Waals surface area contributed by atoms with Gasteiger partial charge in [0.25, 0.3) is 0 Å². The van der Waals surface area contributed by atoms with Crippen LogP contribution in [0.4, 0.5) is 0 Å². The number of aliphatic hydroxyl groups excluding tert-OH is 2. The lowest BCUT2D eigenvalue weighted by Gasteiger charge is -2.30. The van der Waals surface area contributed by atoms with Crippen molar-refractivity contribution >= 4 is 0 Å². The molecule has 0 aromatic heterocycles. The molecular weight excluding hydrogens is 280 g/mol. The van der Waals surface area contributed by atoms with Crippen molar-refractivity contribution in [3.05, 3.63) is 29.3 Å². The Morgan fingerprint density at radius 1 is 1.09 bits per heavy atom. The highest BCUT2D eigenvalue weighted by Crippen LogP contribution is 2.16. The number of hydrogen-bond acceptors (Lipinski definition) is 3. The third-order valence-corrected chi connectivity index (χ3v) is 4.57. The smallest absolute Gasteiger partial charge is 0.137 e. The van der Waals surface area contributed by atoms with E-state index in [0.29, 0.717) is 6.61 Å². The number of ether oxygens (including phenoxy) is 1. The van der Waals surface area contributed by atoms with Crippen molar-refractivity contribution in [2.45, 2.75) is 20.0 Å². The van der Waals surface area contributed by atoms with Crippen LogP contribution in [0.25, 0.3) is 0 Å². The summed E-state index contributed by atoms with van der Waals surface area (Å²) in [5, 5.41) is 19.1. The van der Waals surface area contributed by atoms with Gasteiger partial charge in [-0.15, -0.1) is 0 Å². The van der Waals surface area contributed by atoms with E-state index >= 15 is 0 Å². The van der Waals surface area contributed by atoms with Crippen LogP contribution in [0.1, 0.15) is 11.1 Å². The van der Waals surface area contributed by atoms with Crippen molar-refractivity contribution in [3.63, 3.8) is 0 Å². The van der Waals surface area contributed by atoms with Crippen LogP contribution >= 0.6 is 0 Å². The summed E-state index contributed by atoms with van der Waals surface area (Å²) >= 11 is 0. The SMILES string of the molecule is Cc1ccc(OCC(O)C[NH+]2CC[NH+](CCO)CC2)cc1C. The Balaban J connectivity index is 1.69. The van der Waals surface area contributed by atoms with Gasteiger partial charge in [-0.3, -0.25) is 0 Å².